The SMILES string of the molecule is COc1ccc(CNC(=O)CCC(=O)N(Cc2ccc(C(C)(C)C)cc2)c2ccccc2Oc2cccc(CN)c2)cc1. The van der Waals surface area contributed by atoms with Crippen LogP contribution in [0.1, 0.15) is 55.9 Å². The summed E-state index contributed by atoms with van der Waals surface area (Å²) in [5, 5.41) is 2.91. The Morgan fingerprint density at radius 1 is 0.791 bits per heavy atom. The van der Waals surface area contributed by atoms with E-state index in [-0.39, 0.29) is 30.1 Å². The Hall–Kier alpha value is -4.62. The fraction of sp³-hybridized carbons (Fsp3) is 0.278. The summed E-state index contributed by atoms with van der Waals surface area (Å²) in [6, 6.07) is 30.9. The molecule has 3 N–H and O–H groups in total. The number of hydrogen-bond acceptors (Lipinski definition) is 5. The van der Waals surface area contributed by atoms with Gasteiger partial charge in [-0.15, -0.1) is 0 Å². The zero-order valence-electron chi connectivity index (χ0n) is 25.4. The summed E-state index contributed by atoms with van der Waals surface area (Å²) < 4.78 is 11.5. The number of nitrogens with zero attached hydrogens (tertiary/aromatic N) is 1. The number of nitrogens with two attached hydrogens (primary N) is 1. The molecule has 0 saturated carbocycles. The molecule has 0 aliphatic heterocycles. The minimum atomic E-state index is -0.193. The standard InChI is InChI=1S/C36H41N3O4/c1-36(2,3)29-16-12-27(13-17-29)25-39(32-10-5-6-11-33(32)43-31-9-7-8-28(22-31)23-37)35(41)21-20-34(40)38-24-26-14-18-30(42-4)19-15-26/h5-19,22H,20-21,23-25,37H2,1-4H3,(H,38,40). The third-order valence-electron chi connectivity index (χ3n) is 7.19. The number of ether oxygens (including phenoxy) is 2. The molecule has 7 nitrogen and oxygen atoms in total. The number of anilines is 1. The third-order valence-corrected chi connectivity index (χ3v) is 7.19. The molecule has 0 bridgehead atoms. The molecule has 4 aromatic rings. The number of hydrogen-bond donors (Lipinski definition) is 2. The molecule has 7 heteroatoms. The van der Waals surface area contributed by atoms with Gasteiger partial charge in [-0.1, -0.05) is 81.4 Å². The Morgan fingerprint density at radius 3 is 2.16 bits per heavy atom. The monoisotopic (exact) mass is 579 g/mol. The number of nitrogens with one attached hydrogen (secondary N) is 1. The van der Waals surface area contributed by atoms with Gasteiger partial charge in [0.2, 0.25) is 11.8 Å². The molecule has 4 rings (SSSR count). The topological polar surface area (TPSA) is 93.9 Å². The number of para-hydroxylation sites is 2. The number of carbonyl (C=O) groups excluding carboxylic acids is 2. The van der Waals surface area contributed by atoms with E-state index in [0.29, 0.717) is 36.8 Å². The summed E-state index contributed by atoms with van der Waals surface area (Å²) in [7, 11) is 1.61. The van der Waals surface area contributed by atoms with Crippen LogP contribution in [0.15, 0.2) is 97.1 Å². The van der Waals surface area contributed by atoms with E-state index in [9.17, 15) is 9.59 Å². The van der Waals surface area contributed by atoms with Crippen LogP contribution in [0.5, 0.6) is 17.2 Å². The number of methoxy groups -OCH3 is 1. The highest BCUT2D eigenvalue weighted by atomic mass is 16.5. The Balaban J connectivity index is 1.53. The first kappa shape index (κ1) is 31.3. The molecule has 0 spiro atoms. The molecule has 0 aliphatic carbocycles. The van der Waals surface area contributed by atoms with Crippen LogP contribution in [0, 0.1) is 0 Å². The molecule has 0 fully saturated rings. The number of amides is 2. The van der Waals surface area contributed by atoms with Crippen molar-refractivity contribution in [2.75, 3.05) is 12.0 Å². The molecule has 4 aromatic carbocycles. The summed E-state index contributed by atoms with van der Waals surface area (Å²) in [6.07, 6.45) is 0.113. The second-order valence-corrected chi connectivity index (χ2v) is 11.5. The highest BCUT2D eigenvalue weighted by molar-refractivity contribution is 5.96. The second kappa shape index (κ2) is 14.5. The van der Waals surface area contributed by atoms with Crippen LogP contribution >= 0.6 is 0 Å². The molecule has 0 unspecified atom stereocenters. The fourth-order valence-electron chi connectivity index (χ4n) is 4.62. The van der Waals surface area contributed by atoms with Gasteiger partial charge in [0.25, 0.3) is 0 Å². The minimum absolute atomic E-state index is 0.0196. The zero-order chi connectivity index (χ0) is 30.8. The number of rotatable bonds is 12. The molecule has 0 saturated heterocycles. The van der Waals surface area contributed by atoms with E-state index >= 15 is 0 Å². The first-order chi connectivity index (χ1) is 20.7. The highest BCUT2D eigenvalue weighted by Gasteiger charge is 2.22. The van der Waals surface area contributed by atoms with Crippen LogP contribution in [0.3, 0.4) is 0 Å². The summed E-state index contributed by atoms with van der Waals surface area (Å²) in [4.78, 5) is 28.2. The molecule has 43 heavy (non-hydrogen) atoms. The van der Waals surface area contributed by atoms with Gasteiger partial charge in [-0.2, -0.15) is 0 Å². The van der Waals surface area contributed by atoms with Crippen molar-refractivity contribution in [1.29, 1.82) is 0 Å². The molecule has 0 heterocycles. The van der Waals surface area contributed by atoms with Crippen LogP contribution in [0.2, 0.25) is 0 Å². The van der Waals surface area contributed by atoms with E-state index in [1.165, 1.54) is 5.56 Å². The van der Waals surface area contributed by atoms with Gasteiger partial charge >= 0.3 is 0 Å². The van der Waals surface area contributed by atoms with E-state index in [2.05, 4.69) is 50.4 Å². The predicted octanol–water partition coefficient (Wildman–Crippen LogP) is 6.87. The lowest BCUT2D eigenvalue weighted by atomic mass is 9.87. The zero-order valence-corrected chi connectivity index (χ0v) is 25.4. The van der Waals surface area contributed by atoms with Crippen LogP contribution in [-0.4, -0.2) is 18.9 Å². The Morgan fingerprint density at radius 2 is 1.49 bits per heavy atom. The van der Waals surface area contributed by atoms with Gasteiger partial charge in [0.15, 0.2) is 5.75 Å². The van der Waals surface area contributed by atoms with E-state index in [1.807, 2.05) is 72.8 Å². The molecule has 2 amide bonds. The average molecular weight is 580 g/mol. The van der Waals surface area contributed by atoms with Crippen molar-refractivity contribution in [2.24, 2.45) is 5.73 Å². The van der Waals surface area contributed by atoms with E-state index in [0.717, 1.165) is 22.4 Å². The molecule has 0 aromatic heterocycles. The van der Waals surface area contributed by atoms with E-state index < -0.39 is 0 Å². The van der Waals surface area contributed by atoms with Crippen molar-refractivity contribution in [3.05, 3.63) is 119 Å². The largest absolute Gasteiger partial charge is 0.497 e. The Kier molecular flexibility index (Phi) is 10.6. The fourth-order valence-corrected chi connectivity index (χ4v) is 4.62. The summed E-state index contributed by atoms with van der Waals surface area (Å²) in [5.74, 6) is 1.56. The van der Waals surface area contributed by atoms with E-state index in [4.69, 9.17) is 15.2 Å². The molecular formula is C36H41N3O4. The Bertz CT molecular complexity index is 1510. The van der Waals surface area contributed by atoms with Gasteiger partial charge in [0.1, 0.15) is 11.5 Å². The van der Waals surface area contributed by atoms with Gasteiger partial charge in [0.05, 0.1) is 19.3 Å². The van der Waals surface area contributed by atoms with Crippen molar-refractivity contribution >= 4 is 17.5 Å². The molecule has 224 valence electrons. The quantitative estimate of drug-likeness (QED) is 0.191. The van der Waals surface area contributed by atoms with Gasteiger partial charge < -0.3 is 25.4 Å². The lowest BCUT2D eigenvalue weighted by Crippen LogP contribution is -2.32. The van der Waals surface area contributed by atoms with Crippen molar-refractivity contribution in [3.63, 3.8) is 0 Å². The van der Waals surface area contributed by atoms with Crippen molar-refractivity contribution in [2.45, 2.75) is 58.7 Å². The van der Waals surface area contributed by atoms with Gasteiger partial charge in [-0.25, -0.2) is 0 Å². The van der Waals surface area contributed by atoms with Crippen LogP contribution < -0.4 is 25.4 Å². The Labute approximate surface area is 254 Å². The van der Waals surface area contributed by atoms with Crippen molar-refractivity contribution in [1.82, 2.24) is 5.32 Å². The third kappa shape index (κ3) is 8.93. The molecule has 0 radical (unpaired) electrons. The van der Waals surface area contributed by atoms with E-state index in [1.54, 1.807) is 12.0 Å². The average Bonchev–Trinajstić information content (AvgIpc) is 3.02. The summed E-state index contributed by atoms with van der Waals surface area (Å²) in [6.45, 7) is 7.62. The molecule has 0 aliphatic rings. The lowest BCUT2D eigenvalue weighted by molar-refractivity contribution is -0.125. The number of carbonyl (C=O) groups is 2. The van der Waals surface area contributed by atoms with Crippen molar-refractivity contribution in [3.8, 4) is 17.2 Å². The van der Waals surface area contributed by atoms with Crippen molar-refractivity contribution < 1.29 is 19.1 Å². The van der Waals surface area contributed by atoms with Gasteiger partial charge in [0, 0.05) is 25.9 Å². The van der Waals surface area contributed by atoms with Crippen LogP contribution in [0.25, 0.3) is 0 Å². The maximum Gasteiger partial charge on any atom is 0.227 e. The second-order valence-electron chi connectivity index (χ2n) is 11.5. The maximum absolute atomic E-state index is 13.8. The first-order valence-corrected chi connectivity index (χ1v) is 14.5. The van der Waals surface area contributed by atoms with Gasteiger partial charge in [-0.05, 0) is 64.1 Å². The van der Waals surface area contributed by atoms with Crippen LogP contribution in [-0.2, 0) is 34.6 Å². The first-order valence-electron chi connectivity index (χ1n) is 14.5. The number of benzene rings is 4. The predicted molar refractivity (Wildman–Crippen MR) is 171 cm³/mol. The minimum Gasteiger partial charge on any atom is -0.497 e. The normalized spacial score (nSPS) is 11.1. The smallest absolute Gasteiger partial charge is 0.227 e. The summed E-state index contributed by atoms with van der Waals surface area (Å²) >= 11 is 0. The molecule has 0 atom stereocenters. The lowest BCUT2D eigenvalue weighted by Gasteiger charge is -2.26. The highest BCUT2D eigenvalue weighted by Crippen LogP contribution is 2.34. The van der Waals surface area contributed by atoms with Gasteiger partial charge in [-0.3, -0.25) is 9.59 Å². The van der Waals surface area contributed by atoms with Crippen LogP contribution in [0.4, 0.5) is 5.69 Å². The summed E-state index contributed by atoms with van der Waals surface area (Å²) in [5.41, 5.74) is 10.6. The maximum atomic E-state index is 13.8. The molecular weight excluding hydrogens is 538 g/mol.